The van der Waals surface area contributed by atoms with Crippen molar-refractivity contribution in [1.29, 1.82) is 0 Å². The highest BCUT2D eigenvalue weighted by Gasteiger charge is 2.02. The summed E-state index contributed by atoms with van der Waals surface area (Å²) in [7, 11) is 0. The van der Waals surface area contributed by atoms with Crippen LogP contribution in [0.1, 0.15) is 0 Å². The summed E-state index contributed by atoms with van der Waals surface area (Å²) >= 11 is 9.12. The van der Waals surface area contributed by atoms with E-state index in [1.54, 1.807) is 36.9 Å². The molecule has 0 aliphatic carbocycles. The van der Waals surface area contributed by atoms with Gasteiger partial charge in [-0.15, -0.1) is 0 Å². The van der Waals surface area contributed by atoms with Gasteiger partial charge in [0.25, 0.3) is 0 Å². The average molecular weight is 286 g/mol. The molecular formula is C10H6BrClN2O. The number of ether oxygens (including phenoxy) is 1. The zero-order valence-corrected chi connectivity index (χ0v) is 9.86. The molecule has 2 rings (SSSR count). The van der Waals surface area contributed by atoms with Crippen molar-refractivity contribution in [3.05, 3.63) is 46.4 Å². The number of nitrogens with zero attached hydrogens (tertiary/aromatic N) is 2. The predicted octanol–water partition coefficient (Wildman–Crippen LogP) is 3.68. The van der Waals surface area contributed by atoms with Crippen LogP contribution >= 0.6 is 27.5 Å². The lowest BCUT2D eigenvalue weighted by Gasteiger charge is -2.06. The Morgan fingerprint density at radius 2 is 2.07 bits per heavy atom. The lowest BCUT2D eigenvalue weighted by atomic mass is 10.4. The minimum atomic E-state index is 0.540. The van der Waals surface area contributed by atoms with E-state index in [-0.39, 0.29) is 0 Å². The van der Waals surface area contributed by atoms with E-state index in [2.05, 4.69) is 25.9 Å². The Hall–Kier alpha value is -1.13. The van der Waals surface area contributed by atoms with Gasteiger partial charge in [-0.3, -0.25) is 9.97 Å². The van der Waals surface area contributed by atoms with Gasteiger partial charge in [-0.2, -0.15) is 0 Å². The lowest BCUT2D eigenvalue weighted by molar-refractivity contribution is 0.476. The SMILES string of the molecule is Clc1cncc(Oc2ccncc2Br)c1. The molecule has 76 valence electrons. The number of rotatable bonds is 2. The summed E-state index contributed by atoms with van der Waals surface area (Å²) in [5.74, 6) is 1.27. The second kappa shape index (κ2) is 4.59. The molecule has 5 heteroatoms. The van der Waals surface area contributed by atoms with Gasteiger partial charge in [-0.05, 0) is 15.9 Å². The first-order chi connectivity index (χ1) is 7.25. The third-order valence-electron chi connectivity index (χ3n) is 1.64. The number of halogens is 2. The van der Waals surface area contributed by atoms with E-state index < -0.39 is 0 Å². The van der Waals surface area contributed by atoms with Crippen LogP contribution in [0.5, 0.6) is 11.5 Å². The number of hydrogen-bond donors (Lipinski definition) is 0. The molecule has 0 aliphatic rings. The molecule has 15 heavy (non-hydrogen) atoms. The zero-order valence-electron chi connectivity index (χ0n) is 7.52. The monoisotopic (exact) mass is 284 g/mol. The van der Waals surface area contributed by atoms with E-state index in [1.807, 2.05) is 0 Å². The highest BCUT2D eigenvalue weighted by molar-refractivity contribution is 9.10. The summed E-state index contributed by atoms with van der Waals surface area (Å²) in [5.41, 5.74) is 0. The molecule has 2 aromatic rings. The van der Waals surface area contributed by atoms with E-state index in [4.69, 9.17) is 16.3 Å². The van der Waals surface area contributed by atoms with Crippen molar-refractivity contribution in [3.8, 4) is 11.5 Å². The van der Waals surface area contributed by atoms with Gasteiger partial charge >= 0.3 is 0 Å². The maximum atomic E-state index is 5.78. The van der Waals surface area contributed by atoms with Crippen molar-refractivity contribution in [3.63, 3.8) is 0 Å². The topological polar surface area (TPSA) is 35.0 Å². The summed E-state index contributed by atoms with van der Waals surface area (Å²) in [4.78, 5) is 7.86. The van der Waals surface area contributed by atoms with Crippen molar-refractivity contribution in [2.24, 2.45) is 0 Å². The first-order valence-electron chi connectivity index (χ1n) is 4.13. The average Bonchev–Trinajstić information content (AvgIpc) is 2.22. The van der Waals surface area contributed by atoms with Crippen molar-refractivity contribution in [2.75, 3.05) is 0 Å². The van der Waals surface area contributed by atoms with Crippen LogP contribution in [0.4, 0.5) is 0 Å². The number of hydrogen-bond acceptors (Lipinski definition) is 3. The maximum Gasteiger partial charge on any atom is 0.147 e. The number of pyridine rings is 2. The first kappa shape index (κ1) is 10.4. The Bertz CT molecular complexity index is 478. The van der Waals surface area contributed by atoms with Crippen LogP contribution in [0.2, 0.25) is 5.02 Å². The van der Waals surface area contributed by atoms with Crippen molar-refractivity contribution < 1.29 is 4.74 Å². The van der Waals surface area contributed by atoms with Crippen LogP contribution < -0.4 is 4.74 Å². The lowest BCUT2D eigenvalue weighted by Crippen LogP contribution is -1.86. The van der Waals surface area contributed by atoms with E-state index in [0.717, 1.165) is 4.47 Å². The molecule has 0 amide bonds. The van der Waals surface area contributed by atoms with E-state index in [0.29, 0.717) is 16.5 Å². The second-order valence-electron chi connectivity index (χ2n) is 2.75. The van der Waals surface area contributed by atoms with Gasteiger partial charge in [-0.1, -0.05) is 11.6 Å². The van der Waals surface area contributed by atoms with Crippen LogP contribution in [0.3, 0.4) is 0 Å². The standard InChI is InChI=1S/C10H6BrClN2O/c11-9-6-13-2-1-10(9)15-8-3-7(12)4-14-5-8/h1-6H. The summed E-state index contributed by atoms with van der Waals surface area (Å²) in [6.45, 7) is 0. The minimum absolute atomic E-state index is 0.540. The quantitative estimate of drug-likeness (QED) is 0.844. The van der Waals surface area contributed by atoms with Crippen LogP contribution in [-0.2, 0) is 0 Å². The highest BCUT2D eigenvalue weighted by atomic mass is 79.9. The van der Waals surface area contributed by atoms with E-state index in [9.17, 15) is 0 Å². The Kier molecular flexibility index (Phi) is 3.18. The van der Waals surface area contributed by atoms with Gasteiger partial charge in [-0.25, -0.2) is 0 Å². The Labute approximate surface area is 100 Å². The molecule has 3 nitrogen and oxygen atoms in total. The molecule has 0 radical (unpaired) electrons. The van der Waals surface area contributed by atoms with Crippen molar-refractivity contribution >= 4 is 27.5 Å². The minimum Gasteiger partial charge on any atom is -0.454 e. The molecule has 0 spiro atoms. The van der Waals surface area contributed by atoms with Gasteiger partial charge in [0, 0.05) is 30.7 Å². The fourth-order valence-corrected chi connectivity index (χ4v) is 1.52. The molecule has 0 bridgehead atoms. The fraction of sp³-hybridized carbons (Fsp3) is 0. The van der Waals surface area contributed by atoms with Gasteiger partial charge in [0.05, 0.1) is 15.7 Å². The summed E-state index contributed by atoms with van der Waals surface area (Å²) in [6, 6.07) is 3.45. The molecule has 0 aliphatic heterocycles. The molecule has 2 aromatic heterocycles. The third kappa shape index (κ3) is 2.67. The smallest absolute Gasteiger partial charge is 0.147 e. The molecule has 0 atom stereocenters. The summed E-state index contributed by atoms with van der Waals surface area (Å²) < 4.78 is 6.34. The van der Waals surface area contributed by atoms with Crippen molar-refractivity contribution in [2.45, 2.75) is 0 Å². The van der Waals surface area contributed by atoms with Gasteiger partial charge in [0.15, 0.2) is 0 Å². The van der Waals surface area contributed by atoms with Gasteiger partial charge < -0.3 is 4.74 Å². The molecule has 0 fully saturated rings. The normalized spacial score (nSPS) is 10.0. The fourth-order valence-electron chi connectivity index (χ4n) is 1.02. The molecule has 0 N–H and O–H groups in total. The Morgan fingerprint density at radius 3 is 2.80 bits per heavy atom. The van der Waals surface area contributed by atoms with Crippen LogP contribution in [0.25, 0.3) is 0 Å². The molecule has 0 aromatic carbocycles. The Morgan fingerprint density at radius 1 is 1.20 bits per heavy atom. The van der Waals surface area contributed by atoms with Crippen LogP contribution in [-0.4, -0.2) is 9.97 Å². The van der Waals surface area contributed by atoms with E-state index in [1.165, 1.54) is 0 Å². The molecule has 0 saturated heterocycles. The molecular weight excluding hydrogens is 279 g/mol. The van der Waals surface area contributed by atoms with Crippen LogP contribution in [0, 0.1) is 0 Å². The summed E-state index contributed by atoms with van der Waals surface area (Å²) in [5, 5.41) is 0.540. The zero-order chi connectivity index (χ0) is 10.7. The predicted molar refractivity (Wildman–Crippen MR) is 61.3 cm³/mol. The second-order valence-corrected chi connectivity index (χ2v) is 4.04. The van der Waals surface area contributed by atoms with Crippen LogP contribution in [0.15, 0.2) is 41.4 Å². The maximum absolute atomic E-state index is 5.78. The molecule has 0 unspecified atom stereocenters. The highest BCUT2D eigenvalue weighted by Crippen LogP contribution is 2.28. The van der Waals surface area contributed by atoms with Gasteiger partial charge in [0.2, 0.25) is 0 Å². The Balaban J connectivity index is 2.26. The van der Waals surface area contributed by atoms with E-state index >= 15 is 0 Å². The largest absolute Gasteiger partial charge is 0.454 e. The van der Waals surface area contributed by atoms with Gasteiger partial charge in [0.1, 0.15) is 11.5 Å². The number of aromatic nitrogens is 2. The summed E-state index contributed by atoms with van der Waals surface area (Å²) in [6.07, 6.45) is 6.46. The third-order valence-corrected chi connectivity index (χ3v) is 2.45. The van der Waals surface area contributed by atoms with Crippen molar-refractivity contribution in [1.82, 2.24) is 9.97 Å². The molecule has 0 saturated carbocycles. The molecule has 2 heterocycles. The first-order valence-corrected chi connectivity index (χ1v) is 5.31.